The maximum absolute atomic E-state index is 12.5. The summed E-state index contributed by atoms with van der Waals surface area (Å²) in [5.74, 6) is -0.976. The van der Waals surface area contributed by atoms with Crippen molar-refractivity contribution in [2.75, 3.05) is 20.3 Å². The summed E-state index contributed by atoms with van der Waals surface area (Å²) >= 11 is 0. The van der Waals surface area contributed by atoms with E-state index in [-0.39, 0.29) is 61.1 Å². The standard InChI is InChI=1S/C30H47NO10/c1-9-11-20(3)38-28(34)40-24-14-13-22(18-25(24)41-29(35)39-21(4)12-10-2)17-23(27(33)36-8)31-15-16-37-26(32)19-30(5,6)7/h13-14,18,20-21,23,31H,9-12,15-17,19H2,1-8H3/t20?,21?,23-/m0/s1. The van der Waals surface area contributed by atoms with Crippen LogP contribution in [0.25, 0.3) is 0 Å². The highest BCUT2D eigenvalue weighted by atomic mass is 16.7. The van der Waals surface area contributed by atoms with E-state index in [0.29, 0.717) is 18.4 Å². The summed E-state index contributed by atoms with van der Waals surface area (Å²) < 4.78 is 31.4. The van der Waals surface area contributed by atoms with Crippen molar-refractivity contribution in [3.05, 3.63) is 23.8 Å². The predicted molar refractivity (Wildman–Crippen MR) is 152 cm³/mol. The molecule has 1 aromatic rings. The first kappa shape index (κ1) is 35.7. The van der Waals surface area contributed by atoms with Crippen LogP contribution in [0.1, 0.15) is 86.1 Å². The van der Waals surface area contributed by atoms with Gasteiger partial charge in [-0.1, -0.05) is 53.5 Å². The first-order valence-electron chi connectivity index (χ1n) is 14.1. The molecule has 0 aliphatic heterocycles. The van der Waals surface area contributed by atoms with Crippen LogP contribution >= 0.6 is 0 Å². The van der Waals surface area contributed by atoms with Gasteiger partial charge in [0.2, 0.25) is 0 Å². The Bertz CT molecular complexity index is 988. The molecular weight excluding hydrogens is 534 g/mol. The molecule has 1 aromatic carbocycles. The van der Waals surface area contributed by atoms with Gasteiger partial charge in [-0.2, -0.15) is 0 Å². The summed E-state index contributed by atoms with van der Waals surface area (Å²) in [6.45, 7) is 13.5. The Labute approximate surface area is 243 Å². The molecule has 41 heavy (non-hydrogen) atoms. The minimum atomic E-state index is -0.958. The summed E-state index contributed by atoms with van der Waals surface area (Å²) in [7, 11) is 1.27. The minimum Gasteiger partial charge on any atom is -0.468 e. The van der Waals surface area contributed by atoms with Crippen LogP contribution < -0.4 is 14.8 Å². The molecular formula is C30H47NO10. The number of methoxy groups -OCH3 is 1. The van der Waals surface area contributed by atoms with E-state index in [0.717, 1.165) is 12.8 Å². The number of benzene rings is 1. The van der Waals surface area contributed by atoms with Crippen LogP contribution in [0.15, 0.2) is 18.2 Å². The first-order chi connectivity index (χ1) is 19.3. The Morgan fingerprint density at radius 2 is 1.44 bits per heavy atom. The second-order valence-electron chi connectivity index (χ2n) is 11.1. The average molecular weight is 582 g/mol. The molecule has 0 saturated heterocycles. The van der Waals surface area contributed by atoms with Gasteiger partial charge in [-0.25, -0.2) is 9.59 Å². The van der Waals surface area contributed by atoms with Crippen molar-refractivity contribution < 1.29 is 47.6 Å². The molecule has 0 saturated carbocycles. The summed E-state index contributed by atoms with van der Waals surface area (Å²) in [6, 6.07) is 3.75. The van der Waals surface area contributed by atoms with Crippen molar-refractivity contribution in [3.63, 3.8) is 0 Å². The van der Waals surface area contributed by atoms with Crippen LogP contribution in [0.5, 0.6) is 11.5 Å². The molecule has 1 N–H and O–H groups in total. The number of hydrogen-bond donors (Lipinski definition) is 1. The van der Waals surface area contributed by atoms with E-state index >= 15 is 0 Å². The molecule has 0 fully saturated rings. The lowest BCUT2D eigenvalue weighted by Crippen LogP contribution is -2.41. The van der Waals surface area contributed by atoms with E-state index in [2.05, 4.69) is 5.32 Å². The van der Waals surface area contributed by atoms with E-state index in [1.165, 1.54) is 19.2 Å². The van der Waals surface area contributed by atoms with Gasteiger partial charge in [0.15, 0.2) is 11.5 Å². The minimum absolute atomic E-state index is 0.0455. The largest absolute Gasteiger partial charge is 0.514 e. The zero-order valence-corrected chi connectivity index (χ0v) is 25.7. The van der Waals surface area contributed by atoms with Gasteiger partial charge in [0.25, 0.3) is 0 Å². The van der Waals surface area contributed by atoms with Crippen LogP contribution in [0.2, 0.25) is 0 Å². The Kier molecular flexibility index (Phi) is 15.8. The second kappa shape index (κ2) is 18.2. The molecule has 2 unspecified atom stereocenters. The van der Waals surface area contributed by atoms with Gasteiger partial charge in [-0.15, -0.1) is 0 Å². The molecule has 1 rings (SSSR count). The average Bonchev–Trinajstić information content (AvgIpc) is 2.85. The molecule has 0 heterocycles. The maximum Gasteiger partial charge on any atom is 0.514 e. The molecule has 11 nitrogen and oxygen atoms in total. The van der Waals surface area contributed by atoms with Gasteiger partial charge in [0.05, 0.1) is 13.5 Å². The SMILES string of the molecule is CCCC(C)OC(=O)Oc1ccc(C[C@H](NCCOC(=O)CC(C)(C)C)C(=O)OC)cc1OC(=O)OC(C)CCC. The number of esters is 2. The lowest BCUT2D eigenvalue weighted by Gasteiger charge is -2.19. The van der Waals surface area contributed by atoms with Crippen molar-refractivity contribution in [1.29, 1.82) is 0 Å². The normalized spacial score (nSPS) is 13.4. The van der Waals surface area contributed by atoms with E-state index in [1.54, 1.807) is 19.9 Å². The van der Waals surface area contributed by atoms with Crippen molar-refractivity contribution in [2.24, 2.45) is 5.41 Å². The Hall–Kier alpha value is -3.34. The van der Waals surface area contributed by atoms with Gasteiger partial charge in [-0.05, 0) is 56.2 Å². The fraction of sp³-hybridized carbons (Fsp3) is 0.667. The Morgan fingerprint density at radius 1 is 0.878 bits per heavy atom. The summed E-state index contributed by atoms with van der Waals surface area (Å²) in [5.41, 5.74) is 0.377. The van der Waals surface area contributed by atoms with Gasteiger partial charge >= 0.3 is 24.2 Å². The highest BCUT2D eigenvalue weighted by Gasteiger charge is 2.23. The molecule has 0 bridgehead atoms. The van der Waals surface area contributed by atoms with Crippen LogP contribution in [0, 0.1) is 5.41 Å². The molecule has 0 amide bonds. The third kappa shape index (κ3) is 15.3. The highest BCUT2D eigenvalue weighted by Crippen LogP contribution is 2.30. The number of carbonyl (C=O) groups is 4. The Balaban J connectivity index is 3.03. The number of hydrogen-bond acceptors (Lipinski definition) is 11. The summed E-state index contributed by atoms with van der Waals surface area (Å²) in [6.07, 6.45) is 0.752. The van der Waals surface area contributed by atoms with Crippen molar-refractivity contribution >= 4 is 24.2 Å². The molecule has 0 radical (unpaired) electrons. The first-order valence-corrected chi connectivity index (χ1v) is 14.1. The van der Waals surface area contributed by atoms with Crippen LogP contribution in [-0.4, -0.2) is 62.8 Å². The van der Waals surface area contributed by atoms with Gasteiger partial charge in [-0.3, -0.25) is 9.59 Å². The van der Waals surface area contributed by atoms with Gasteiger partial charge in [0, 0.05) is 6.54 Å². The van der Waals surface area contributed by atoms with Crippen molar-refractivity contribution in [1.82, 2.24) is 5.32 Å². The zero-order chi connectivity index (χ0) is 31.0. The molecule has 0 spiro atoms. The number of carbonyl (C=O) groups excluding carboxylic acids is 4. The van der Waals surface area contributed by atoms with Crippen LogP contribution in [0.3, 0.4) is 0 Å². The molecule has 11 heteroatoms. The van der Waals surface area contributed by atoms with Crippen molar-refractivity contribution in [2.45, 2.75) is 105 Å². The lowest BCUT2D eigenvalue weighted by molar-refractivity contribution is -0.145. The Morgan fingerprint density at radius 3 is 1.95 bits per heavy atom. The van der Waals surface area contributed by atoms with Crippen LogP contribution in [-0.2, 0) is 35.0 Å². The zero-order valence-electron chi connectivity index (χ0n) is 25.7. The quantitative estimate of drug-likeness (QED) is 0.111. The number of rotatable bonds is 16. The highest BCUT2D eigenvalue weighted by molar-refractivity contribution is 5.76. The summed E-state index contributed by atoms with van der Waals surface area (Å²) in [5, 5.41) is 3.03. The lowest BCUT2D eigenvalue weighted by atomic mass is 9.93. The fourth-order valence-electron chi connectivity index (χ4n) is 3.83. The van der Waals surface area contributed by atoms with E-state index in [1.807, 2.05) is 34.6 Å². The van der Waals surface area contributed by atoms with Crippen LogP contribution in [0.4, 0.5) is 9.59 Å². The van der Waals surface area contributed by atoms with E-state index in [4.69, 9.17) is 28.4 Å². The topological polar surface area (TPSA) is 136 Å². The van der Waals surface area contributed by atoms with Gasteiger partial charge < -0.3 is 33.7 Å². The molecule has 0 aromatic heterocycles. The monoisotopic (exact) mass is 581 g/mol. The molecule has 0 aliphatic rings. The third-order valence-electron chi connectivity index (χ3n) is 5.74. The molecule has 0 aliphatic carbocycles. The predicted octanol–water partition coefficient (Wildman–Crippen LogP) is 5.75. The molecule has 232 valence electrons. The maximum atomic E-state index is 12.5. The smallest absolute Gasteiger partial charge is 0.468 e. The second-order valence-corrected chi connectivity index (χ2v) is 11.1. The fourth-order valence-corrected chi connectivity index (χ4v) is 3.83. The van der Waals surface area contributed by atoms with Crippen molar-refractivity contribution in [3.8, 4) is 11.5 Å². The van der Waals surface area contributed by atoms with E-state index < -0.39 is 24.3 Å². The number of nitrogens with one attached hydrogen (secondary N) is 1. The molecule has 3 atom stereocenters. The third-order valence-corrected chi connectivity index (χ3v) is 5.74. The van der Waals surface area contributed by atoms with Gasteiger partial charge in [0.1, 0.15) is 24.9 Å². The van der Waals surface area contributed by atoms with E-state index in [9.17, 15) is 19.2 Å². The summed E-state index contributed by atoms with van der Waals surface area (Å²) in [4.78, 5) is 49.2. The number of ether oxygens (including phenoxy) is 6.